The first-order chi connectivity index (χ1) is 11.9. The first-order valence-electron chi connectivity index (χ1n) is 7.93. The second-order valence-corrected chi connectivity index (χ2v) is 7.18. The molecule has 2 aromatic rings. The zero-order valence-corrected chi connectivity index (χ0v) is 15.7. The molecule has 6 heteroatoms. The topological polar surface area (TPSA) is 58.6 Å². The number of benzene rings is 2. The number of hydrogen-bond donors (Lipinski definition) is 1. The minimum absolute atomic E-state index is 0.230. The Morgan fingerprint density at radius 1 is 1.12 bits per heavy atom. The highest BCUT2D eigenvalue weighted by Crippen LogP contribution is 2.28. The van der Waals surface area contributed by atoms with Gasteiger partial charge in [0.1, 0.15) is 11.3 Å². The molecule has 0 unspecified atom stereocenters. The van der Waals surface area contributed by atoms with Gasteiger partial charge < -0.3 is 10.1 Å². The molecule has 2 aromatic carbocycles. The van der Waals surface area contributed by atoms with Crippen LogP contribution in [-0.2, 0) is 17.8 Å². The summed E-state index contributed by atoms with van der Waals surface area (Å²) >= 11 is 3.38. The number of urea groups is 1. The largest absolute Gasteiger partial charge is 0.496 e. The van der Waals surface area contributed by atoms with Crippen LogP contribution in [0.2, 0.25) is 0 Å². The normalized spacial score (nSPS) is 19.9. The molecule has 0 spiro atoms. The quantitative estimate of drug-likeness (QED) is 0.778. The number of para-hydroxylation sites is 1. The lowest BCUT2D eigenvalue weighted by atomic mass is 9.92. The number of halogens is 1. The SMILES string of the molecule is COc1ccccc1C[C@]1(C)NC(=O)N(Cc2ccc(Br)cc2)C1=O. The number of imide groups is 1. The molecule has 1 N–H and O–H groups in total. The Morgan fingerprint density at radius 2 is 1.80 bits per heavy atom. The van der Waals surface area contributed by atoms with E-state index in [0.29, 0.717) is 12.2 Å². The van der Waals surface area contributed by atoms with Gasteiger partial charge >= 0.3 is 6.03 Å². The third-order valence-corrected chi connectivity index (χ3v) is 4.86. The minimum Gasteiger partial charge on any atom is -0.496 e. The third-order valence-electron chi connectivity index (χ3n) is 4.34. The van der Waals surface area contributed by atoms with Crippen molar-refractivity contribution >= 4 is 27.9 Å². The number of ether oxygens (including phenoxy) is 1. The Balaban J connectivity index is 1.80. The van der Waals surface area contributed by atoms with Crippen molar-refractivity contribution in [3.05, 3.63) is 64.1 Å². The van der Waals surface area contributed by atoms with Crippen LogP contribution in [-0.4, -0.2) is 29.5 Å². The van der Waals surface area contributed by atoms with Crippen molar-refractivity contribution < 1.29 is 14.3 Å². The van der Waals surface area contributed by atoms with Gasteiger partial charge in [-0.05, 0) is 36.2 Å². The molecule has 25 heavy (non-hydrogen) atoms. The van der Waals surface area contributed by atoms with E-state index in [0.717, 1.165) is 15.6 Å². The monoisotopic (exact) mass is 402 g/mol. The molecule has 1 saturated heterocycles. The number of nitrogens with zero attached hydrogens (tertiary/aromatic N) is 1. The summed E-state index contributed by atoms with van der Waals surface area (Å²) in [6, 6.07) is 14.7. The fourth-order valence-corrected chi connectivity index (χ4v) is 3.28. The van der Waals surface area contributed by atoms with Gasteiger partial charge in [-0.2, -0.15) is 0 Å². The smallest absolute Gasteiger partial charge is 0.325 e. The molecular formula is C19H19BrN2O3. The molecule has 3 amide bonds. The van der Waals surface area contributed by atoms with E-state index in [-0.39, 0.29) is 18.5 Å². The standard InChI is InChI=1S/C19H19BrN2O3/c1-19(11-14-5-3-4-6-16(14)25-2)17(23)22(18(24)21-19)12-13-7-9-15(20)10-8-13/h3-10H,11-12H2,1-2H3,(H,21,24)/t19-/m0/s1. The average molecular weight is 403 g/mol. The van der Waals surface area contributed by atoms with Gasteiger partial charge in [-0.15, -0.1) is 0 Å². The van der Waals surface area contributed by atoms with E-state index in [2.05, 4.69) is 21.2 Å². The van der Waals surface area contributed by atoms with Crippen molar-refractivity contribution in [2.75, 3.05) is 7.11 Å². The van der Waals surface area contributed by atoms with Gasteiger partial charge in [0, 0.05) is 10.9 Å². The van der Waals surface area contributed by atoms with E-state index in [9.17, 15) is 9.59 Å². The van der Waals surface area contributed by atoms with E-state index < -0.39 is 5.54 Å². The average Bonchev–Trinajstić information content (AvgIpc) is 2.80. The Labute approximate surface area is 155 Å². The minimum atomic E-state index is -0.985. The molecule has 3 rings (SSSR count). The molecule has 1 heterocycles. The van der Waals surface area contributed by atoms with Crippen LogP contribution in [0.15, 0.2) is 53.0 Å². The number of amides is 3. The molecule has 0 bridgehead atoms. The first kappa shape index (κ1) is 17.5. The fourth-order valence-electron chi connectivity index (χ4n) is 3.01. The van der Waals surface area contributed by atoms with Crippen LogP contribution in [0.25, 0.3) is 0 Å². The maximum Gasteiger partial charge on any atom is 0.325 e. The summed E-state index contributed by atoms with van der Waals surface area (Å²) < 4.78 is 6.31. The number of carbonyl (C=O) groups is 2. The Hall–Kier alpha value is -2.34. The summed E-state index contributed by atoms with van der Waals surface area (Å²) in [4.78, 5) is 26.5. The zero-order chi connectivity index (χ0) is 18.0. The van der Waals surface area contributed by atoms with Gasteiger partial charge in [-0.1, -0.05) is 46.3 Å². The molecule has 0 aliphatic carbocycles. The van der Waals surface area contributed by atoms with Gasteiger partial charge in [-0.3, -0.25) is 9.69 Å². The highest BCUT2D eigenvalue weighted by Gasteiger charge is 2.47. The molecule has 0 aromatic heterocycles. The predicted molar refractivity (Wildman–Crippen MR) is 98.3 cm³/mol. The van der Waals surface area contributed by atoms with Crippen LogP contribution in [0.4, 0.5) is 4.79 Å². The second kappa shape index (κ2) is 6.88. The maximum absolute atomic E-state index is 12.9. The summed E-state index contributed by atoms with van der Waals surface area (Å²) in [5, 5.41) is 2.83. The molecule has 1 aliphatic heterocycles. The summed E-state index contributed by atoms with van der Waals surface area (Å²) in [5.74, 6) is 0.475. The molecule has 5 nitrogen and oxygen atoms in total. The van der Waals surface area contributed by atoms with Crippen LogP contribution in [0.3, 0.4) is 0 Å². The van der Waals surface area contributed by atoms with Crippen molar-refractivity contribution in [2.45, 2.75) is 25.4 Å². The predicted octanol–water partition coefficient (Wildman–Crippen LogP) is 3.51. The van der Waals surface area contributed by atoms with Gasteiger partial charge in [0.15, 0.2) is 0 Å². The fraction of sp³-hybridized carbons (Fsp3) is 0.263. The maximum atomic E-state index is 12.9. The molecule has 1 fully saturated rings. The molecule has 1 atom stereocenters. The highest BCUT2D eigenvalue weighted by atomic mass is 79.9. The highest BCUT2D eigenvalue weighted by molar-refractivity contribution is 9.10. The van der Waals surface area contributed by atoms with E-state index in [1.54, 1.807) is 14.0 Å². The van der Waals surface area contributed by atoms with Crippen molar-refractivity contribution in [3.63, 3.8) is 0 Å². The van der Waals surface area contributed by atoms with Crippen LogP contribution in [0, 0.1) is 0 Å². The van der Waals surface area contributed by atoms with E-state index in [4.69, 9.17) is 4.74 Å². The van der Waals surface area contributed by atoms with Gasteiger partial charge in [0.25, 0.3) is 5.91 Å². The first-order valence-corrected chi connectivity index (χ1v) is 8.73. The van der Waals surface area contributed by atoms with E-state index in [1.165, 1.54) is 4.90 Å². The zero-order valence-electron chi connectivity index (χ0n) is 14.1. The Morgan fingerprint density at radius 3 is 2.48 bits per heavy atom. The lowest BCUT2D eigenvalue weighted by molar-refractivity contribution is -0.131. The molecule has 0 radical (unpaired) electrons. The van der Waals surface area contributed by atoms with Crippen molar-refractivity contribution in [1.82, 2.24) is 10.2 Å². The number of rotatable bonds is 5. The summed E-state index contributed by atoms with van der Waals surface area (Å²) in [6.45, 7) is 2.00. The van der Waals surface area contributed by atoms with Crippen LogP contribution >= 0.6 is 15.9 Å². The molecular weight excluding hydrogens is 384 g/mol. The van der Waals surface area contributed by atoms with Crippen LogP contribution < -0.4 is 10.1 Å². The molecule has 1 aliphatic rings. The van der Waals surface area contributed by atoms with Crippen LogP contribution in [0.1, 0.15) is 18.1 Å². The summed E-state index contributed by atoms with van der Waals surface area (Å²) in [7, 11) is 1.59. The van der Waals surface area contributed by atoms with Gasteiger partial charge in [-0.25, -0.2) is 4.79 Å². The Bertz CT molecular complexity index is 807. The second-order valence-electron chi connectivity index (χ2n) is 6.27. The molecule has 0 saturated carbocycles. The van der Waals surface area contributed by atoms with E-state index >= 15 is 0 Å². The van der Waals surface area contributed by atoms with E-state index in [1.807, 2.05) is 48.5 Å². The summed E-state index contributed by atoms with van der Waals surface area (Å²) in [6.07, 6.45) is 0.373. The van der Waals surface area contributed by atoms with Crippen molar-refractivity contribution in [1.29, 1.82) is 0 Å². The number of methoxy groups -OCH3 is 1. The molecule has 130 valence electrons. The van der Waals surface area contributed by atoms with Crippen molar-refractivity contribution in [2.24, 2.45) is 0 Å². The van der Waals surface area contributed by atoms with Crippen molar-refractivity contribution in [3.8, 4) is 5.75 Å². The lowest BCUT2D eigenvalue weighted by Crippen LogP contribution is -2.46. The number of carbonyl (C=O) groups excluding carboxylic acids is 2. The Kier molecular flexibility index (Phi) is 4.81. The van der Waals surface area contributed by atoms with Crippen LogP contribution in [0.5, 0.6) is 5.75 Å². The number of nitrogens with one attached hydrogen (secondary N) is 1. The van der Waals surface area contributed by atoms with Gasteiger partial charge in [0.05, 0.1) is 13.7 Å². The third kappa shape index (κ3) is 3.54. The summed E-state index contributed by atoms with van der Waals surface area (Å²) in [5.41, 5.74) is 0.793. The van der Waals surface area contributed by atoms with Gasteiger partial charge in [0.2, 0.25) is 0 Å². The number of hydrogen-bond acceptors (Lipinski definition) is 3. The lowest BCUT2D eigenvalue weighted by Gasteiger charge is -2.23.